The standard InChI is InChI=1S/C27H34N3O7P/c1-20-16-26(30(3)15-14-25(32)28-19-31)36-24(20)18-35-38(37-23-12-8-5-9-13-23)29-21(2)27(33)34-17-22-10-6-4-7-11-22/h4-15,19-21,24,26,29H,16-18H2,1-3H3,(H,28,31,32)/b15-14-. The van der Waals surface area contributed by atoms with Crippen molar-refractivity contribution in [1.82, 2.24) is 15.3 Å². The van der Waals surface area contributed by atoms with Gasteiger partial charge in [0.2, 0.25) is 6.41 Å². The van der Waals surface area contributed by atoms with Gasteiger partial charge in [-0.05, 0) is 37.0 Å². The fourth-order valence-electron chi connectivity index (χ4n) is 3.59. The minimum atomic E-state index is -1.70. The molecule has 2 aromatic carbocycles. The zero-order valence-electron chi connectivity index (χ0n) is 21.7. The molecule has 3 rings (SSSR count). The Kier molecular flexibility index (Phi) is 11.7. The maximum absolute atomic E-state index is 12.6. The summed E-state index contributed by atoms with van der Waals surface area (Å²) in [6, 6.07) is 18.0. The second kappa shape index (κ2) is 15.2. The zero-order valence-corrected chi connectivity index (χ0v) is 22.6. The lowest BCUT2D eigenvalue weighted by molar-refractivity contribution is -0.146. The van der Waals surface area contributed by atoms with Gasteiger partial charge in [0.1, 0.15) is 24.6 Å². The van der Waals surface area contributed by atoms with E-state index in [4.69, 9.17) is 18.5 Å². The van der Waals surface area contributed by atoms with E-state index in [-0.39, 0.29) is 31.5 Å². The van der Waals surface area contributed by atoms with Crippen LogP contribution >= 0.6 is 8.53 Å². The van der Waals surface area contributed by atoms with Crippen LogP contribution < -0.4 is 14.9 Å². The Morgan fingerprint density at radius 1 is 1.16 bits per heavy atom. The lowest BCUT2D eigenvalue weighted by atomic mass is 10.0. The van der Waals surface area contributed by atoms with Crippen LogP contribution in [0.15, 0.2) is 72.9 Å². The van der Waals surface area contributed by atoms with Crippen LogP contribution in [0.5, 0.6) is 5.75 Å². The molecule has 38 heavy (non-hydrogen) atoms. The normalized spacial score (nSPS) is 20.4. The molecule has 5 atom stereocenters. The SMILES string of the molecule is CC(NP(OCC1OC(N(C)/C=C\C(=O)NC=O)CC1C)Oc1ccccc1)C(=O)OCc1ccccc1. The number of nitrogens with one attached hydrogen (secondary N) is 2. The van der Waals surface area contributed by atoms with E-state index in [1.165, 1.54) is 6.08 Å². The molecule has 204 valence electrons. The molecule has 0 saturated carbocycles. The number of imide groups is 1. The molecule has 10 nitrogen and oxygen atoms in total. The van der Waals surface area contributed by atoms with Gasteiger partial charge in [0, 0.05) is 19.3 Å². The summed E-state index contributed by atoms with van der Waals surface area (Å²) in [5.41, 5.74) is 0.901. The average Bonchev–Trinajstić information content (AvgIpc) is 3.30. The van der Waals surface area contributed by atoms with Crippen molar-refractivity contribution >= 4 is 26.8 Å². The van der Waals surface area contributed by atoms with Gasteiger partial charge in [-0.2, -0.15) is 0 Å². The molecule has 2 amide bonds. The Morgan fingerprint density at radius 2 is 1.84 bits per heavy atom. The molecule has 0 aromatic heterocycles. The summed E-state index contributed by atoms with van der Waals surface area (Å²) in [4.78, 5) is 36.3. The number of hydrogen-bond acceptors (Lipinski definition) is 9. The summed E-state index contributed by atoms with van der Waals surface area (Å²) < 4.78 is 23.7. The van der Waals surface area contributed by atoms with Crippen molar-refractivity contribution in [3.63, 3.8) is 0 Å². The smallest absolute Gasteiger partial charge is 0.323 e. The van der Waals surface area contributed by atoms with E-state index in [2.05, 4.69) is 17.3 Å². The maximum atomic E-state index is 12.6. The molecule has 0 spiro atoms. The average molecular weight is 544 g/mol. The van der Waals surface area contributed by atoms with Crippen LogP contribution in [-0.4, -0.2) is 55.2 Å². The summed E-state index contributed by atoms with van der Waals surface area (Å²) in [5, 5.41) is 5.17. The first kappa shape index (κ1) is 29.3. The molecule has 1 heterocycles. The highest BCUT2D eigenvalue weighted by Crippen LogP contribution is 2.38. The third kappa shape index (κ3) is 9.54. The molecule has 1 saturated heterocycles. The van der Waals surface area contributed by atoms with Crippen molar-refractivity contribution in [2.75, 3.05) is 13.7 Å². The first-order valence-corrected chi connectivity index (χ1v) is 13.5. The summed E-state index contributed by atoms with van der Waals surface area (Å²) in [6.45, 7) is 4.17. The van der Waals surface area contributed by atoms with Crippen LogP contribution in [0.1, 0.15) is 25.8 Å². The van der Waals surface area contributed by atoms with Crippen LogP contribution in [0, 0.1) is 5.92 Å². The highest BCUT2D eigenvalue weighted by molar-refractivity contribution is 7.45. The van der Waals surface area contributed by atoms with Crippen molar-refractivity contribution in [3.8, 4) is 5.75 Å². The molecule has 2 aromatic rings. The third-order valence-corrected chi connectivity index (χ3v) is 7.18. The van der Waals surface area contributed by atoms with Gasteiger partial charge in [0.15, 0.2) is 0 Å². The first-order valence-electron chi connectivity index (χ1n) is 12.3. The van der Waals surface area contributed by atoms with Gasteiger partial charge in [-0.15, -0.1) is 0 Å². The Labute approximate surface area is 224 Å². The summed E-state index contributed by atoms with van der Waals surface area (Å²) in [5.74, 6) is -0.155. The monoisotopic (exact) mass is 543 g/mol. The number of ether oxygens (including phenoxy) is 2. The van der Waals surface area contributed by atoms with Crippen LogP contribution in [0.3, 0.4) is 0 Å². The van der Waals surface area contributed by atoms with E-state index in [9.17, 15) is 14.4 Å². The van der Waals surface area contributed by atoms with Crippen LogP contribution in [0.4, 0.5) is 0 Å². The van der Waals surface area contributed by atoms with E-state index in [0.717, 1.165) is 12.0 Å². The summed E-state index contributed by atoms with van der Waals surface area (Å²) >= 11 is 0. The largest absolute Gasteiger partial charge is 0.460 e. The number of carbonyl (C=O) groups is 3. The number of esters is 1. The van der Waals surface area contributed by atoms with E-state index < -0.39 is 26.4 Å². The molecule has 0 radical (unpaired) electrons. The highest BCUT2D eigenvalue weighted by Gasteiger charge is 2.35. The Balaban J connectivity index is 1.55. The van der Waals surface area contributed by atoms with Gasteiger partial charge >= 0.3 is 14.5 Å². The van der Waals surface area contributed by atoms with Gasteiger partial charge in [-0.1, -0.05) is 55.5 Å². The summed E-state index contributed by atoms with van der Waals surface area (Å²) in [6.07, 6.45) is 3.39. The van der Waals surface area contributed by atoms with E-state index in [1.54, 1.807) is 25.1 Å². The van der Waals surface area contributed by atoms with E-state index >= 15 is 0 Å². The molecule has 0 aliphatic carbocycles. The van der Waals surface area contributed by atoms with Gasteiger partial charge in [0.25, 0.3) is 5.91 Å². The molecule has 2 N–H and O–H groups in total. The maximum Gasteiger partial charge on any atom is 0.323 e. The van der Waals surface area contributed by atoms with Crippen LogP contribution in [-0.2, 0) is 35.0 Å². The minimum absolute atomic E-state index is 0.168. The first-order chi connectivity index (χ1) is 18.4. The molecule has 0 bridgehead atoms. The van der Waals surface area contributed by atoms with Gasteiger partial charge in [-0.3, -0.25) is 19.7 Å². The number of benzene rings is 2. The van der Waals surface area contributed by atoms with Gasteiger partial charge in [-0.25, -0.2) is 5.09 Å². The predicted molar refractivity (Wildman–Crippen MR) is 142 cm³/mol. The van der Waals surface area contributed by atoms with Gasteiger partial charge < -0.3 is 23.4 Å². The predicted octanol–water partition coefficient (Wildman–Crippen LogP) is 3.50. The topological polar surface area (TPSA) is 115 Å². The fraction of sp³-hybridized carbons (Fsp3) is 0.370. The molecule has 1 fully saturated rings. The lowest BCUT2D eigenvalue weighted by Crippen LogP contribution is -2.34. The van der Waals surface area contributed by atoms with Crippen molar-refractivity contribution in [3.05, 3.63) is 78.5 Å². The second-order valence-corrected chi connectivity index (χ2v) is 10.1. The van der Waals surface area contributed by atoms with Crippen molar-refractivity contribution < 1.29 is 32.9 Å². The third-order valence-electron chi connectivity index (χ3n) is 5.82. The Morgan fingerprint density at radius 3 is 2.53 bits per heavy atom. The molecule has 1 aliphatic rings. The fourth-order valence-corrected chi connectivity index (χ4v) is 4.78. The van der Waals surface area contributed by atoms with Crippen LogP contribution in [0.25, 0.3) is 0 Å². The van der Waals surface area contributed by atoms with Crippen molar-refractivity contribution in [2.24, 2.45) is 5.92 Å². The lowest BCUT2D eigenvalue weighted by Gasteiger charge is -2.25. The number of amides is 2. The molecule has 11 heteroatoms. The number of hydrogen-bond donors (Lipinski definition) is 2. The number of carbonyl (C=O) groups excluding carboxylic acids is 3. The summed E-state index contributed by atoms with van der Waals surface area (Å²) in [7, 11) is 0.0900. The Hall–Kier alpha value is -3.30. The van der Waals surface area contributed by atoms with E-state index in [1.807, 2.05) is 60.7 Å². The van der Waals surface area contributed by atoms with Crippen molar-refractivity contribution in [1.29, 1.82) is 0 Å². The number of para-hydroxylation sites is 1. The van der Waals surface area contributed by atoms with Crippen LogP contribution in [0.2, 0.25) is 0 Å². The quantitative estimate of drug-likeness (QED) is 0.160. The molecular formula is C27H34N3O7P. The molecule has 5 unspecified atom stereocenters. The second-order valence-electron chi connectivity index (χ2n) is 8.85. The number of rotatable bonds is 14. The van der Waals surface area contributed by atoms with E-state index in [0.29, 0.717) is 12.2 Å². The molecular weight excluding hydrogens is 509 g/mol. The van der Waals surface area contributed by atoms with Gasteiger partial charge in [0.05, 0.1) is 12.7 Å². The van der Waals surface area contributed by atoms with Crippen molar-refractivity contribution in [2.45, 2.75) is 45.2 Å². The minimum Gasteiger partial charge on any atom is -0.460 e. The number of nitrogens with zero attached hydrogens (tertiary/aromatic N) is 1. The highest BCUT2D eigenvalue weighted by atomic mass is 31.2. The molecule has 1 aliphatic heterocycles. The Bertz CT molecular complexity index is 1060. The zero-order chi connectivity index (χ0) is 27.3.